The number of piperazine rings is 1. The van der Waals surface area contributed by atoms with Crippen molar-refractivity contribution < 1.29 is 0 Å². The maximum Gasteiger partial charge on any atom is 0.0300 e. The molecular weight excluding hydrogens is 198 g/mol. The van der Waals surface area contributed by atoms with Crippen molar-refractivity contribution in [2.24, 2.45) is 0 Å². The van der Waals surface area contributed by atoms with E-state index in [4.69, 9.17) is 0 Å². The van der Waals surface area contributed by atoms with E-state index in [1.807, 2.05) is 24.4 Å². The Morgan fingerprint density at radius 3 is 2.06 bits per heavy atom. The summed E-state index contributed by atoms with van der Waals surface area (Å²) in [6.45, 7) is 11.8. The highest BCUT2D eigenvalue weighted by Crippen LogP contribution is 1.99. The Kier molecular flexibility index (Phi) is 6.26. The maximum absolute atomic E-state index is 3.78. The van der Waals surface area contributed by atoms with Crippen molar-refractivity contribution >= 4 is 0 Å². The molecule has 0 spiro atoms. The first-order valence-electron chi connectivity index (χ1n) is 5.80. The Morgan fingerprint density at radius 1 is 1.12 bits per heavy atom. The van der Waals surface area contributed by atoms with Crippen molar-refractivity contribution in [2.75, 3.05) is 32.7 Å². The van der Waals surface area contributed by atoms with Gasteiger partial charge in [-0.2, -0.15) is 0 Å². The molecule has 0 amide bonds. The van der Waals surface area contributed by atoms with Crippen LogP contribution in [0.25, 0.3) is 0 Å². The van der Waals surface area contributed by atoms with Crippen LogP contribution in [0.15, 0.2) is 43.4 Å². The predicted molar refractivity (Wildman–Crippen MR) is 68.1 cm³/mol. The van der Waals surface area contributed by atoms with Gasteiger partial charge in [0.2, 0.25) is 0 Å². The first kappa shape index (κ1) is 12.7. The van der Waals surface area contributed by atoms with Crippen LogP contribution in [-0.2, 0) is 0 Å². The lowest BCUT2D eigenvalue weighted by Crippen LogP contribution is -2.43. The van der Waals surface area contributed by atoms with Gasteiger partial charge in [0.15, 0.2) is 0 Å². The van der Waals surface area contributed by atoms with Gasteiger partial charge in [0.05, 0.1) is 0 Å². The van der Waals surface area contributed by atoms with Gasteiger partial charge in [0.1, 0.15) is 0 Å². The second-order valence-electron chi connectivity index (χ2n) is 3.68. The highest BCUT2D eigenvalue weighted by molar-refractivity contribution is 4.88. The minimum atomic E-state index is 1.15. The van der Waals surface area contributed by atoms with E-state index in [1.54, 1.807) is 12.4 Å². The molecule has 0 bridgehead atoms. The Bertz CT molecular complexity index is 239. The number of rotatable bonds is 2. The van der Waals surface area contributed by atoms with E-state index in [9.17, 15) is 0 Å². The number of nitrogens with zero attached hydrogens (tertiary/aromatic N) is 3. The average molecular weight is 219 g/mol. The summed E-state index contributed by atoms with van der Waals surface area (Å²) in [5.74, 6) is 0. The van der Waals surface area contributed by atoms with Gasteiger partial charge in [-0.3, -0.25) is 4.98 Å². The van der Waals surface area contributed by atoms with Crippen molar-refractivity contribution in [3.63, 3.8) is 0 Å². The molecule has 3 nitrogen and oxygen atoms in total. The summed E-state index contributed by atoms with van der Waals surface area (Å²) < 4.78 is 0. The zero-order valence-corrected chi connectivity index (χ0v) is 10.0. The monoisotopic (exact) mass is 219 g/mol. The van der Waals surface area contributed by atoms with Crippen LogP contribution in [0.5, 0.6) is 0 Å². The first-order valence-corrected chi connectivity index (χ1v) is 5.80. The van der Waals surface area contributed by atoms with Crippen LogP contribution in [0.3, 0.4) is 0 Å². The Morgan fingerprint density at radius 2 is 1.75 bits per heavy atom. The summed E-state index contributed by atoms with van der Waals surface area (Å²) in [6, 6.07) is 5.72. The van der Waals surface area contributed by atoms with Crippen molar-refractivity contribution in [1.29, 1.82) is 0 Å². The standard InChI is InChI=1S/C8H16N2.C5H5N/c1-3-9-5-7-10(4-2)8-6-9;1-2-4-6-5-3-1/h3H,1,4-8H2,2H3;1-5H. The molecule has 0 saturated carbocycles. The van der Waals surface area contributed by atoms with E-state index in [1.165, 1.54) is 19.6 Å². The van der Waals surface area contributed by atoms with Crippen molar-refractivity contribution in [3.05, 3.63) is 43.4 Å². The van der Waals surface area contributed by atoms with E-state index in [0.717, 1.165) is 13.1 Å². The van der Waals surface area contributed by atoms with Gasteiger partial charge < -0.3 is 9.80 Å². The number of pyridine rings is 1. The van der Waals surface area contributed by atoms with Crippen molar-refractivity contribution in [2.45, 2.75) is 6.92 Å². The Hall–Kier alpha value is -1.35. The predicted octanol–water partition coefficient (Wildman–Crippen LogP) is 1.85. The van der Waals surface area contributed by atoms with Gasteiger partial charge in [-0.05, 0) is 24.9 Å². The highest BCUT2D eigenvalue weighted by Gasteiger charge is 2.10. The molecule has 1 aliphatic rings. The molecule has 0 radical (unpaired) electrons. The zero-order chi connectivity index (χ0) is 11.6. The highest BCUT2D eigenvalue weighted by atomic mass is 15.2. The molecule has 0 unspecified atom stereocenters. The third-order valence-electron chi connectivity index (χ3n) is 2.68. The lowest BCUT2D eigenvalue weighted by molar-refractivity contribution is 0.176. The molecule has 88 valence electrons. The molecule has 0 N–H and O–H groups in total. The van der Waals surface area contributed by atoms with Crippen LogP contribution in [0.2, 0.25) is 0 Å². The molecule has 1 fully saturated rings. The van der Waals surface area contributed by atoms with Gasteiger partial charge >= 0.3 is 0 Å². The molecule has 0 aliphatic carbocycles. The van der Waals surface area contributed by atoms with Gasteiger partial charge in [-0.1, -0.05) is 19.6 Å². The SMILES string of the molecule is C=CN1CCN(CC)CC1.c1ccncc1. The summed E-state index contributed by atoms with van der Waals surface area (Å²) in [4.78, 5) is 8.51. The Balaban J connectivity index is 0.000000181. The number of aromatic nitrogens is 1. The fourth-order valence-electron chi connectivity index (χ4n) is 1.57. The number of hydrogen-bond donors (Lipinski definition) is 0. The molecule has 0 atom stereocenters. The quantitative estimate of drug-likeness (QED) is 0.756. The molecule has 2 heterocycles. The van der Waals surface area contributed by atoms with E-state index < -0.39 is 0 Å². The van der Waals surface area contributed by atoms with Crippen molar-refractivity contribution in [3.8, 4) is 0 Å². The molecular formula is C13H21N3. The molecule has 1 aromatic heterocycles. The van der Waals surface area contributed by atoms with Gasteiger partial charge in [-0.25, -0.2) is 0 Å². The van der Waals surface area contributed by atoms with Crippen molar-refractivity contribution in [1.82, 2.24) is 14.8 Å². The normalized spacial score (nSPS) is 16.2. The summed E-state index contributed by atoms with van der Waals surface area (Å²) in [7, 11) is 0. The van der Waals surface area contributed by atoms with Gasteiger partial charge in [0.25, 0.3) is 0 Å². The minimum absolute atomic E-state index is 1.15. The summed E-state index contributed by atoms with van der Waals surface area (Å²) >= 11 is 0. The van der Waals surface area contributed by atoms with Crippen LogP contribution < -0.4 is 0 Å². The topological polar surface area (TPSA) is 19.4 Å². The largest absolute Gasteiger partial charge is 0.375 e. The van der Waals surface area contributed by atoms with E-state index in [0.29, 0.717) is 0 Å². The lowest BCUT2D eigenvalue weighted by atomic mass is 10.3. The van der Waals surface area contributed by atoms with E-state index >= 15 is 0 Å². The molecule has 16 heavy (non-hydrogen) atoms. The average Bonchev–Trinajstić information content (AvgIpc) is 2.41. The molecule has 0 aromatic carbocycles. The van der Waals surface area contributed by atoms with Gasteiger partial charge in [-0.15, -0.1) is 0 Å². The van der Waals surface area contributed by atoms with Crippen LogP contribution in [0.4, 0.5) is 0 Å². The Labute approximate surface area is 98.4 Å². The third kappa shape index (κ3) is 4.94. The molecule has 1 saturated heterocycles. The fourth-order valence-corrected chi connectivity index (χ4v) is 1.57. The smallest absolute Gasteiger partial charge is 0.0300 e. The number of hydrogen-bond acceptors (Lipinski definition) is 3. The van der Waals surface area contributed by atoms with Gasteiger partial charge in [0, 0.05) is 38.6 Å². The molecule has 1 aliphatic heterocycles. The fraction of sp³-hybridized carbons (Fsp3) is 0.462. The third-order valence-corrected chi connectivity index (χ3v) is 2.68. The molecule has 3 heteroatoms. The van der Waals surface area contributed by atoms with Crippen LogP contribution in [0.1, 0.15) is 6.92 Å². The van der Waals surface area contributed by atoms with Crippen LogP contribution >= 0.6 is 0 Å². The second kappa shape index (κ2) is 7.88. The maximum atomic E-state index is 3.78. The zero-order valence-electron chi connectivity index (χ0n) is 10.0. The second-order valence-corrected chi connectivity index (χ2v) is 3.68. The molecule has 1 aromatic rings. The minimum Gasteiger partial charge on any atom is -0.375 e. The molecule has 2 rings (SSSR count). The lowest BCUT2D eigenvalue weighted by Gasteiger charge is -2.32. The number of likely N-dealkylation sites (N-methyl/N-ethyl adjacent to an activating group) is 1. The van der Waals surface area contributed by atoms with E-state index in [2.05, 4.69) is 28.3 Å². The summed E-state index contributed by atoms with van der Waals surface area (Å²) in [5.41, 5.74) is 0. The van der Waals surface area contributed by atoms with Crippen LogP contribution in [-0.4, -0.2) is 47.5 Å². The first-order chi connectivity index (χ1) is 7.86. The van der Waals surface area contributed by atoms with Crippen LogP contribution in [0, 0.1) is 0 Å². The summed E-state index contributed by atoms with van der Waals surface area (Å²) in [6.07, 6.45) is 5.44. The van der Waals surface area contributed by atoms with E-state index in [-0.39, 0.29) is 0 Å². The summed E-state index contributed by atoms with van der Waals surface area (Å²) in [5, 5.41) is 0.